The van der Waals surface area contributed by atoms with Gasteiger partial charge >= 0.3 is 0 Å². The average molecular weight is 399 g/mol. The molecule has 3 aromatic rings. The second-order valence-electron chi connectivity index (χ2n) is 6.47. The fourth-order valence-electron chi connectivity index (χ4n) is 3.84. The Kier molecular flexibility index (Phi) is 4.37. The van der Waals surface area contributed by atoms with Crippen LogP contribution < -0.4 is 0 Å². The van der Waals surface area contributed by atoms with E-state index < -0.39 is 0 Å². The molecule has 3 aromatic heterocycles. The summed E-state index contributed by atoms with van der Waals surface area (Å²) >= 11 is 3.49. The zero-order valence-corrected chi connectivity index (χ0v) is 15.7. The molecule has 1 aliphatic carbocycles. The average Bonchev–Trinajstić information content (AvgIpc) is 3.29. The SMILES string of the molecule is CCn1ncc2c(-c3cncc(Br)c3)c(C=O)c(C3CCCC3)nc21. The minimum absolute atomic E-state index is 0.351. The highest BCUT2D eigenvalue weighted by molar-refractivity contribution is 9.10. The number of rotatable bonds is 4. The molecule has 1 aliphatic rings. The third-order valence-electron chi connectivity index (χ3n) is 5.01. The van der Waals surface area contributed by atoms with Crippen LogP contribution in [0.15, 0.2) is 29.1 Å². The summed E-state index contributed by atoms with van der Waals surface area (Å²) in [5, 5.41) is 5.38. The van der Waals surface area contributed by atoms with E-state index in [1.165, 1.54) is 12.8 Å². The fourth-order valence-corrected chi connectivity index (χ4v) is 4.21. The molecule has 6 heteroatoms. The molecule has 0 N–H and O–H groups in total. The van der Waals surface area contributed by atoms with Gasteiger partial charge in [0, 0.05) is 51.4 Å². The standard InChI is InChI=1S/C19H19BrN4O/c1-2-24-19-15(10-22-24)17(13-7-14(20)9-21-8-13)16(11-25)18(23-19)12-5-3-4-6-12/h7-12H,2-6H2,1H3. The van der Waals surface area contributed by atoms with E-state index in [0.29, 0.717) is 11.5 Å². The lowest BCUT2D eigenvalue weighted by atomic mass is 9.92. The molecule has 3 heterocycles. The highest BCUT2D eigenvalue weighted by Gasteiger charge is 2.26. The quantitative estimate of drug-likeness (QED) is 0.595. The summed E-state index contributed by atoms with van der Waals surface area (Å²) in [6.07, 6.45) is 10.9. The van der Waals surface area contributed by atoms with Gasteiger partial charge in [-0.2, -0.15) is 5.10 Å². The minimum Gasteiger partial charge on any atom is -0.298 e. The van der Waals surface area contributed by atoms with Crippen molar-refractivity contribution in [3.05, 3.63) is 40.4 Å². The van der Waals surface area contributed by atoms with Crippen molar-refractivity contribution in [3.8, 4) is 11.1 Å². The summed E-state index contributed by atoms with van der Waals surface area (Å²) in [6.45, 7) is 2.80. The molecule has 25 heavy (non-hydrogen) atoms. The number of aryl methyl sites for hydroxylation is 1. The lowest BCUT2D eigenvalue weighted by Crippen LogP contribution is -2.07. The second-order valence-corrected chi connectivity index (χ2v) is 7.39. The summed E-state index contributed by atoms with van der Waals surface area (Å²) in [5.41, 5.74) is 4.28. The fraction of sp³-hybridized carbons (Fsp3) is 0.368. The van der Waals surface area contributed by atoms with Crippen LogP contribution in [0.1, 0.15) is 54.6 Å². The Morgan fingerprint density at radius 2 is 2.08 bits per heavy atom. The van der Waals surface area contributed by atoms with Crippen molar-refractivity contribution in [2.24, 2.45) is 0 Å². The summed E-state index contributed by atoms with van der Waals surface area (Å²) < 4.78 is 2.79. The molecule has 0 bridgehead atoms. The molecular weight excluding hydrogens is 380 g/mol. The Balaban J connectivity index is 2.07. The Bertz CT molecular complexity index is 944. The van der Waals surface area contributed by atoms with Crippen molar-refractivity contribution >= 4 is 33.2 Å². The smallest absolute Gasteiger partial charge is 0.158 e. The number of aromatic nitrogens is 4. The highest BCUT2D eigenvalue weighted by atomic mass is 79.9. The molecular formula is C19H19BrN4O. The number of carbonyl (C=O) groups excluding carboxylic acids is 1. The molecule has 128 valence electrons. The first-order valence-electron chi connectivity index (χ1n) is 8.68. The molecule has 0 unspecified atom stereocenters. The van der Waals surface area contributed by atoms with Gasteiger partial charge in [0.15, 0.2) is 11.9 Å². The van der Waals surface area contributed by atoms with Crippen LogP contribution in [0.5, 0.6) is 0 Å². The summed E-state index contributed by atoms with van der Waals surface area (Å²) in [6, 6.07) is 2.00. The second kappa shape index (κ2) is 6.67. The molecule has 0 aliphatic heterocycles. The minimum atomic E-state index is 0.351. The van der Waals surface area contributed by atoms with Crippen LogP contribution >= 0.6 is 15.9 Å². The third kappa shape index (κ3) is 2.78. The summed E-state index contributed by atoms with van der Waals surface area (Å²) in [5.74, 6) is 0.351. The highest BCUT2D eigenvalue weighted by Crippen LogP contribution is 2.40. The number of nitrogens with zero attached hydrogens (tertiary/aromatic N) is 4. The number of fused-ring (bicyclic) bond motifs is 1. The van der Waals surface area contributed by atoms with E-state index in [0.717, 1.165) is 58.0 Å². The molecule has 4 rings (SSSR count). The lowest BCUT2D eigenvalue weighted by Gasteiger charge is -2.16. The van der Waals surface area contributed by atoms with Crippen LogP contribution in [0.25, 0.3) is 22.2 Å². The molecule has 0 atom stereocenters. The number of aldehydes is 1. The zero-order valence-electron chi connectivity index (χ0n) is 14.1. The number of halogens is 1. The van der Waals surface area contributed by atoms with Crippen molar-refractivity contribution in [2.75, 3.05) is 0 Å². The Labute approximate surface area is 154 Å². The van der Waals surface area contributed by atoms with E-state index in [4.69, 9.17) is 4.98 Å². The van der Waals surface area contributed by atoms with E-state index in [-0.39, 0.29) is 0 Å². The first kappa shape index (κ1) is 16.4. The Morgan fingerprint density at radius 1 is 1.28 bits per heavy atom. The maximum Gasteiger partial charge on any atom is 0.158 e. The van der Waals surface area contributed by atoms with Gasteiger partial charge in [-0.25, -0.2) is 9.67 Å². The predicted octanol–water partition coefficient (Wildman–Crippen LogP) is 4.75. The molecule has 0 spiro atoms. The van der Waals surface area contributed by atoms with E-state index in [1.54, 1.807) is 12.4 Å². The topological polar surface area (TPSA) is 60.7 Å². The van der Waals surface area contributed by atoms with Crippen LogP contribution in [0.3, 0.4) is 0 Å². The maximum atomic E-state index is 12.1. The largest absolute Gasteiger partial charge is 0.298 e. The molecule has 1 fully saturated rings. The van der Waals surface area contributed by atoms with E-state index in [1.807, 2.05) is 16.9 Å². The first-order chi connectivity index (χ1) is 12.2. The third-order valence-corrected chi connectivity index (χ3v) is 5.44. The van der Waals surface area contributed by atoms with Crippen LogP contribution in [-0.2, 0) is 6.54 Å². The van der Waals surface area contributed by atoms with Gasteiger partial charge < -0.3 is 0 Å². The Morgan fingerprint density at radius 3 is 2.76 bits per heavy atom. The lowest BCUT2D eigenvalue weighted by molar-refractivity contribution is 0.112. The molecule has 0 aromatic carbocycles. The number of hydrogen-bond acceptors (Lipinski definition) is 4. The van der Waals surface area contributed by atoms with Gasteiger partial charge in [-0.3, -0.25) is 9.78 Å². The van der Waals surface area contributed by atoms with E-state index in [2.05, 4.69) is 32.9 Å². The summed E-state index contributed by atoms with van der Waals surface area (Å²) in [4.78, 5) is 21.3. The molecule has 0 amide bonds. The van der Waals surface area contributed by atoms with E-state index >= 15 is 0 Å². The van der Waals surface area contributed by atoms with Crippen molar-refractivity contribution in [3.63, 3.8) is 0 Å². The van der Waals surface area contributed by atoms with Crippen molar-refractivity contribution in [2.45, 2.75) is 45.1 Å². The van der Waals surface area contributed by atoms with Crippen LogP contribution in [-0.4, -0.2) is 26.0 Å². The van der Waals surface area contributed by atoms with Gasteiger partial charge in [-0.05, 0) is 41.8 Å². The zero-order chi connectivity index (χ0) is 17.4. The van der Waals surface area contributed by atoms with Crippen LogP contribution in [0.2, 0.25) is 0 Å². The Hall–Kier alpha value is -2.08. The van der Waals surface area contributed by atoms with E-state index in [9.17, 15) is 4.79 Å². The van der Waals surface area contributed by atoms with Crippen molar-refractivity contribution in [1.29, 1.82) is 0 Å². The number of hydrogen-bond donors (Lipinski definition) is 0. The number of carbonyl (C=O) groups is 1. The van der Waals surface area contributed by atoms with Gasteiger partial charge in [0.2, 0.25) is 0 Å². The van der Waals surface area contributed by atoms with Gasteiger partial charge in [0.25, 0.3) is 0 Å². The van der Waals surface area contributed by atoms with Gasteiger partial charge in [-0.15, -0.1) is 0 Å². The van der Waals surface area contributed by atoms with Gasteiger partial charge in [0.05, 0.1) is 11.9 Å². The molecule has 1 saturated carbocycles. The summed E-state index contributed by atoms with van der Waals surface area (Å²) in [7, 11) is 0. The van der Waals surface area contributed by atoms with Gasteiger partial charge in [-0.1, -0.05) is 12.8 Å². The van der Waals surface area contributed by atoms with Gasteiger partial charge in [0.1, 0.15) is 0 Å². The number of pyridine rings is 2. The monoisotopic (exact) mass is 398 g/mol. The molecule has 5 nitrogen and oxygen atoms in total. The van der Waals surface area contributed by atoms with Crippen molar-refractivity contribution < 1.29 is 4.79 Å². The first-order valence-corrected chi connectivity index (χ1v) is 9.47. The van der Waals surface area contributed by atoms with Crippen LogP contribution in [0.4, 0.5) is 0 Å². The molecule has 0 radical (unpaired) electrons. The van der Waals surface area contributed by atoms with Crippen molar-refractivity contribution in [1.82, 2.24) is 19.7 Å². The molecule has 0 saturated heterocycles. The normalized spacial score (nSPS) is 15.1. The maximum absolute atomic E-state index is 12.1. The predicted molar refractivity (Wildman–Crippen MR) is 101 cm³/mol. The van der Waals surface area contributed by atoms with Crippen LogP contribution in [0, 0.1) is 0 Å².